The van der Waals surface area contributed by atoms with Crippen molar-refractivity contribution in [2.45, 2.75) is 6.54 Å². The second kappa shape index (κ2) is 2.77. The molecule has 0 saturated carbocycles. The number of fused-ring (bicyclic) bond motifs is 1. The number of nitrogens with zero attached hydrogens (tertiary/aromatic N) is 1. The van der Waals surface area contributed by atoms with Crippen molar-refractivity contribution < 1.29 is 0 Å². The lowest BCUT2D eigenvalue weighted by Crippen LogP contribution is -1.98. The van der Waals surface area contributed by atoms with Crippen molar-refractivity contribution in [3.8, 4) is 0 Å². The van der Waals surface area contributed by atoms with Crippen molar-refractivity contribution in [3.05, 3.63) is 29.0 Å². The molecule has 0 aliphatic rings. The van der Waals surface area contributed by atoms with E-state index in [0.29, 0.717) is 11.7 Å². The predicted octanol–water partition coefficient (Wildman–Crippen LogP) is 1.68. The van der Waals surface area contributed by atoms with E-state index in [0.717, 1.165) is 16.6 Å². The molecule has 3 N–H and O–H groups in total. The first-order valence-electron chi connectivity index (χ1n) is 3.64. The van der Waals surface area contributed by atoms with Gasteiger partial charge in [-0.05, 0) is 12.1 Å². The summed E-state index contributed by atoms with van der Waals surface area (Å²) < 4.78 is 0. The van der Waals surface area contributed by atoms with E-state index in [-0.39, 0.29) is 0 Å². The number of hydrogen-bond acceptors (Lipinski definition) is 2. The molecule has 2 aromatic rings. The number of nitrogens with one attached hydrogen (secondary N) is 1. The topological polar surface area (TPSA) is 54.7 Å². The SMILES string of the molecule is NCc1cc2[nH]ccc2nc1Cl. The number of H-pyrrole nitrogens is 1. The fraction of sp³-hybridized carbons (Fsp3) is 0.125. The highest BCUT2D eigenvalue weighted by molar-refractivity contribution is 6.30. The third kappa shape index (κ3) is 1.07. The van der Waals surface area contributed by atoms with Gasteiger partial charge in [-0.1, -0.05) is 11.6 Å². The van der Waals surface area contributed by atoms with E-state index in [9.17, 15) is 0 Å². The Morgan fingerprint density at radius 2 is 2.42 bits per heavy atom. The summed E-state index contributed by atoms with van der Waals surface area (Å²) in [7, 11) is 0. The Kier molecular flexibility index (Phi) is 1.75. The summed E-state index contributed by atoms with van der Waals surface area (Å²) in [5, 5.41) is 0.490. The van der Waals surface area contributed by atoms with Gasteiger partial charge in [0.15, 0.2) is 0 Å². The molecular weight excluding hydrogens is 174 g/mol. The predicted molar refractivity (Wildman–Crippen MR) is 49.0 cm³/mol. The van der Waals surface area contributed by atoms with Crippen LogP contribution in [-0.4, -0.2) is 9.97 Å². The second-order valence-electron chi connectivity index (χ2n) is 2.55. The minimum absolute atomic E-state index is 0.417. The van der Waals surface area contributed by atoms with Gasteiger partial charge in [0, 0.05) is 18.3 Å². The van der Waals surface area contributed by atoms with E-state index < -0.39 is 0 Å². The van der Waals surface area contributed by atoms with Crippen LogP contribution in [0.1, 0.15) is 5.56 Å². The zero-order valence-electron chi connectivity index (χ0n) is 6.34. The molecule has 2 rings (SSSR count). The van der Waals surface area contributed by atoms with Gasteiger partial charge in [-0.25, -0.2) is 4.98 Å². The monoisotopic (exact) mass is 181 g/mol. The molecule has 0 aliphatic carbocycles. The Labute approximate surface area is 74.5 Å². The third-order valence-electron chi connectivity index (χ3n) is 1.78. The van der Waals surface area contributed by atoms with E-state index in [1.165, 1.54) is 0 Å². The standard InChI is InChI=1S/C8H8ClN3/c9-8-5(4-10)3-7-6(12-8)1-2-11-7/h1-3,11H,4,10H2. The molecule has 0 aromatic carbocycles. The van der Waals surface area contributed by atoms with Crippen LogP contribution in [0.2, 0.25) is 5.15 Å². The molecule has 3 nitrogen and oxygen atoms in total. The summed E-state index contributed by atoms with van der Waals surface area (Å²) in [6, 6.07) is 3.80. The summed E-state index contributed by atoms with van der Waals surface area (Å²) in [5.41, 5.74) is 8.18. The van der Waals surface area contributed by atoms with Gasteiger partial charge in [-0.2, -0.15) is 0 Å². The normalized spacial score (nSPS) is 10.8. The van der Waals surface area contributed by atoms with Crippen molar-refractivity contribution in [3.63, 3.8) is 0 Å². The van der Waals surface area contributed by atoms with E-state index in [2.05, 4.69) is 9.97 Å². The van der Waals surface area contributed by atoms with E-state index in [1.807, 2.05) is 18.3 Å². The Morgan fingerprint density at radius 1 is 1.58 bits per heavy atom. The molecular formula is C8H8ClN3. The lowest BCUT2D eigenvalue weighted by molar-refractivity contribution is 1.06. The van der Waals surface area contributed by atoms with Gasteiger partial charge in [-0.15, -0.1) is 0 Å². The second-order valence-corrected chi connectivity index (χ2v) is 2.91. The van der Waals surface area contributed by atoms with Gasteiger partial charge in [0.2, 0.25) is 0 Å². The highest BCUT2D eigenvalue weighted by atomic mass is 35.5. The van der Waals surface area contributed by atoms with Crippen LogP contribution in [0.5, 0.6) is 0 Å². The zero-order valence-corrected chi connectivity index (χ0v) is 7.10. The number of aromatic amines is 1. The smallest absolute Gasteiger partial charge is 0.134 e. The molecule has 2 heterocycles. The molecule has 62 valence electrons. The van der Waals surface area contributed by atoms with Crippen LogP contribution in [0.25, 0.3) is 11.0 Å². The quantitative estimate of drug-likeness (QED) is 0.658. The van der Waals surface area contributed by atoms with E-state index in [4.69, 9.17) is 17.3 Å². The molecule has 0 amide bonds. The van der Waals surface area contributed by atoms with Gasteiger partial charge in [0.25, 0.3) is 0 Å². The first-order chi connectivity index (χ1) is 5.81. The van der Waals surface area contributed by atoms with Gasteiger partial charge in [0.1, 0.15) is 5.15 Å². The van der Waals surface area contributed by atoms with Gasteiger partial charge >= 0.3 is 0 Å². The maximum Gasteiger partial charge on any atom is 0.134 e. The highest BCUT2D eigenvalue weighted by Gasteiger charge is 2.02. The summed E-state index contributed by atoms with van der Waals surface area (Å²) in [6.07, 6.45) is 1.83. The molecule has 2 aromatic heterocycles. The summed E-state index contributed by atoms with van der Waals surface area (Å²) in [5.74, 6) is 0. The third-order valence-corrected chi connectivity index (χ3v) is 2.11. The van der Waals surface area contributed by atoms with Crippen LogP contribution in [0.4, 0.5) is 0 Å². The van der Waals surface area contributed by atoms with Gasteiger partial charge < -0.3 is 10.7 Å². The molecule has 0 spiro atoms. The zero-order chi connectivity index (χ0) is 8.55. The molecule has 0 aliphatic heterocycles. The van der Waals surface area contributed by atoms with Crippen molar-refractivity contribution >= 4 is 22.6 Å². The number of halogens is 1. The van der Waals surface area contributed by atoms with Crippen LogP contribution >= 0.6 is 11.6 Å². The molecule has 0 saturated heterocycles. The Hall–Kier alpha value is -1.06. The Balaban J connectivity index is 2.73. The maximum atomic E-state index is 5.86. The summed E-state index contributed by atoms with van der Waals surface area (Å²) >= 11 is 5.86. The fourth-order valence-electron chi connectivity index (χ4n) is 1.14. The minimum Gasteiger partial charge on any atom is -0.360 e. The number of nitrogens with two attached hydrogens (primary N) is 1. The lowest BCUT2D eigenvalue weighted by Gasteiger charge is -1.99. The number of hydrogen-bond donors (Lipinski definition) is 2. The number of pyridine rings is 1. The first kappa shape index (κ1) is 7.58. The molecule has 0 fully saturated rings. The first-order valence-corrected chi connectivity index (χ1v) is 4.01. The van der Waals surface area contributed by atoms with Crippen molar-refractivity contribution in [2.24, 2.45) is 5.73 Å². The van der Waals surface area contributed by atoms with Crippen LogP contribution in [0.3, 0.4) is 0 Å². The Morgan fingerprint density at radius 3 is 3.17 bits per heavy atom. The maximum absolute atomic E-state index is 5.86. The van der Waals surface area contributed by atoms with Gasteiger partial charge in [-0.3, -0.25) is 0 Å². The van der Waals surface area contributed by atoms with Crippen LogP contribution in [-0.2, 0) is 6.54 Å². The summed E-state index contributed by atoms with van der Waals surface area (Å²) in [6.45, 7) is 0.417. The van der Waals surface area contributed by atoms with E-state index >= 15 is 0 Å². The molecule has 0 radical (unpaired) electrons. The van der Waals surface area contributed by atoms with Gasteiger partial charge in [0.05, 0.1) is 11.0 Å². The van der Waals surface area contributed by atoms with Crippen LogP contribution in [0, 0.1) is 0 Å². The molecule has 0 unspecified atom stereocenters. The average molecular weight is 182 g/mol. The lowest BCUT2D eigenvalue weighted by atomic mass is 10.2. The average Bonchev–Trinajstić information content (AvgIpc) is 2.49. The summed E-state index contributed by atoms with van der Waals surface area (Å²) in [4.78, 5) is 7.21. The van der Waals surface area contributed by atoms with Crippen molar-refractivity contribution in [1.82, 2.24) is 9.97 Å². The van der Waals surface area contributed by atoms with Crippen LogP contribution < -0.4 is 5.73 Å². The van der Waals surface area contributed by atoms with E-state index in [1.54, 1.807) is 0 Å². The molecule has 12 heavy (non-hydrogen) atoms. The largest absolute Gasteiger partial charge is 0.360 e. The van der Waals surface area contributed by atoms with Crippen LogP contribution in [0.15, 0.2) is 18.3 Å². The van der Waals surface area contributed by atoms with Crippen molar-refractivity contribution in [1.29, 1.82) is 0 Å². The number of rotatable bonds is 1. The molecule has 0 bridgehead atoms. The Bertz CT molecular complexity index is 408. The molecule has 0 atom stereocenters. The minimum atomic E-state index is 0.417. The number of aromatic nitrogens is 2. The molecule has 4 heteroatoms. The van der Waals surface area contributed by atoms with Crippen molar-refractivity contribution in [2.75, 3.05) is 0 Å². The fourth-order valence-corrected chi connectivity index (χ4v) is 1.36. The highest BCUT2D eigenvalue weighted by Crippen LogP contribution is 2.18.